The number of esters is 3. The van der Waals surface area contributed by atoms with E-state index in [4.69, 9.17) is 14.2 Å². The zero-order chi connectivity index (χ0) is 21.7. The van der Waals surface area contributed by atoms with E-state index in [2.05, 4.69) is 6.58 Å². The Hall–Kier alpha value is -2.70. The third kappa shape index (κ3) is 3.32. The van der Waals surface area contributed by atoms with Gasteiger partial charge in [-0.2, -0.15) is 0 Å². The Morgan fingerprint density at radius 2 is 1.97 bits per heavy atom. The summed E-state index contributed by atoms with van der Waals surface area (Å²) in [5.74, 6) is -3.74. The standard InChI is InChI=1S/C22H26O7/c1-7-10(2)20(25)29-22(6)18-15(27-13(5)23)9-12(4)16-14(24)8-11(3)17(16)19(18)28-21(22)26/h7-8,15-19H,4,9H2,1-3,5-6H3/b10-7+. The van der Waals surface area contributed by atoms with Crippen LogP contribution in [-0.2, 0) is 33.4 Å². The fourth-order valence-corrected chi connectivity index (χ4v) is 4.72. The molecule has 7 nitrogen and oxygen atoms in total. The Morgan fingerprint density at radius 3 is 2.55 bits per heavy atom. The Bertz CT molecular complexity index is 864. The van der Waals surface area contributed by atoms with Crippen LogP contribution in [0.25, 0.3) is 0 Å². The van der Waals surface area contributed by atoms with Gasteiger partial charge in [-0.05, 0) is 33.8 Å². The zero-order valence-corrected chi connectivity index (χ0v) is 17.3. The first kappa shape index (κ1) is 21.0. The average molecular weight is 402 g/mol. The molecule has 0 bridgehead atoms. The number of hydrogen-bond donors (Lipinski definition) is 0. The number of ether oxygens (including phenoxy) is 3. The summed E-state index contributed by atoms with van der Waals surface area (Å²) in [5, 5.41) is 0. The predicted octanol–water partition coefficient (Wildman–Crippen LogP) is 2.45. The van der Waals surface area contributed by atoms with E-state index in [0.29, 0.717) is 11.1 Å². The van der Waals surface area contributed by atoms with Crippen molar-refractivity contribution in [3.05, 3.63) is 35.5 Å². The van der Waals surface area contributed by atoms with Crippen LogP contribution < -0.4 is 0 Å². The van der Waals surface area contributed by atoms with Gasteiger partial charge in [0, 0.05) is 24.8 Å². The van der Waals surface area contributed by atoms with Crippen LogP contribution >= 0.6 is 0 Å². The lowest BCUT2D eigenvalue weighted by molar-refractivity contribution is -0.175. The fourth-order valence-electron chi connectivity index (χ4n) is 4.72. The molecule has 0 aromatic carbocycles. The van der Waals surface area contributed by atoms with Gasteiger partial charge in [0.1, 0.15) is 12.2 Å². The van der Waals surface area contributed by atoms with Crippen LogP contribution in [0.2, 0.25) is 0 Å². The summed E-state index contributed by atoms with van der Waals surface area (Å²) in [5.41, 5.74) is 0.0676. The highest BCUT2D eigenvalue weighted by molar-refractivity contribution is 5.98. The maximum Gasteiger partial charge on any atom is 0.351 e. The number of carbonyl (C=O) groups is 4. The van der Waals surface area contributed by atoms with Gasteiger partial charge >= 0.3 is 17.9 Å². The summed E-state index contributed by atoms with van der Waals surface area (Å²) >= 11 is 0. The summed E-state index contributed by atoms with van der Waals surface area (Å²) in [6.45, 7) is 11.9. The van der Waals surface area contributed by atoms with E-state index >= 15 is 0 Å². The first-order valence-electron chi connectivity index (χ1n) is 9.65. The highest BCUT2D eigenvalue weighted by Crippen LogP contribution is 2.52. The van der Waals surface area contributed by atoms with Crippen molar-refractivity contribution < 1.29 is 33.4 Å². The number of allylic oxidation sites excluding steroid dienone is 2. The molecular formula is C22H26O7. The van der Waals surface area contributed by atoms with Crippen molar-refractivity contribution in [3.8, 4) is 0 Å². The van der Waals surface area contributed by atoms with Crippen molar-refractivity contribution >= 4 is 23.7 Å². The van der Waals surface area contributed by atoms with Gasteiger partial charge in [-0.1, -0.05) is 23.8 Å². The third-order valence-electron chi connectivity index (χ3n) is 6.23. The summed E-state index contributed by atoms with van der Waals surface area (Å²) in [6.07, 6.45) is 1.72. The Kier molecular flexibility index (Phi) is 5.28. The molecule has 1 saturated heterocycles. The molecule has 0 aromatic rings. The highest BCUT2D eigenvalue weighted by Gasteiger charge is 2.66. The Morgan fingerprint density at radius 1 is 1.31 bits per heavy atom. The van der Waals surface area contributed by atoms with Gasteiger partial charge in [0.05, 0.1) is 11.8 Å². The normalized spacial score (nSPS) is 36.6. The molecule has 0 amide bonds. The minimum atomic E-state index is -1.66. The topological polar surface area (TPSA) is 96.0 Å². The summed E-state index contributed by atoms with van der Waals surface area (Å²) in [6, 6.07) is 0. The average Bonchev–Trinajstić information content (AvgIpc) is 3.00. The zero-order valence-electron chi connectivity index (χ0n) is 17.3. The van der Waals surface area contributed by atoms with E-state index in [1.165, 1.54) is 13.8 Å². The molecular weight excluding hydrogens is 376 g/mol. The van der Waals surface area contributed by atoms with E-state index < -0.39 is 53.5 Å². The number of hydrogen-bond acceptors (Lipinski definition) is 7. The summed E-state index contributed by atoms with van der Waals surface area (Å²) in [7, 11) is 0. The van der Waals surface area contributed by atoms with Crippen LogP contribution in [0, 0.1) is 17.8 Å². The molecule has 7 heteroatoms. The second-order valence-corrected chi connectivity index (χ2v) is 8.17. The van der Waals surface area contributed by atoms with E-state index in [-0.39, 0.29) is 12.2 Å². The molecule has 2 fully saturated rings. The number of rotatable bonds is 3. The van der Waals surface area contributed by atoms with Crippen LogP contribution in [0.4, 0.5) is 0 Å². The number of carbonyl (C=O) groups excluding carboxylic acids is 4. The van der Waals surface area contributed by atoms with Crippen LogP contribution in [0.3, 0.4) is 0 Å². The number of fused-ring (bicyclic) bond motifs is 3. The van der Waals surface area contributed by atoms with Gasteiger partial charge in [0.15, 0.2) is 5.78 Å². The molecule has 1 saturated carbocycles. The molecule has 6 unspecified atom stereocenters. The molecule has 3 rings (SSSR count). The minimum Gasteiger partial charge on any atom is -0.462 e. The lowest BCUT2D eigenvalue weighted by atomic mass is 9.76. The van der Waals surface area contributed by atoms with Crippen molar-refractivity contribution in [2.45, 2.75) is 58.8 Å². The Labute approximate surface area is 169 Å². The van der Waals surface area contributed by atoms with E-state index in [9.17, 15) is 19.2 Å². The second-order valence-electron chi connectivity index (χ2n) is 8.17. The van der Waals surface area contributed by atoms with Gasteiger partial charge in [0.25, 0.3) is 0 Å². The van der Waals surface area contributed by atoms with Crippen LogP contribution in [0.5, 0.6) is 0 Å². The molecule has 1 aliphatic heterocycles. The fraction of sp³-hybridized carbons (Fsp3) is 0.545. The first-order valence-corrected chi connectivity index (χ1v) is 9.65. The lowest BCUT2D eigenvalue weighted by Crippen LogP contribution is -2.50. The van der Waals surface area contributed by atoms with Crippen molar-refractivity contribution in [1.82, 2.24) is 0 Å². The molecule has 0 aromatic heterocycles. The first-order chi connectivity index (χ1) is 13.5. The second kappa shape index (κ2) is 7.28. The molecule has 6 atom stereocenters. The smallest absolute Gasteiger partial charge is 0.351 e. The molecule has 1 heterocycles. The molecule has 2 aliphatic carbocycles. The predicted molar refractivity (Wildman–Crippen MR) is 102 cm³/mol. The van der Waals surface area contributed by atoms with Gasteiger partial charge in [-0.25, -0.2) is 9.59 Å². The molecule has 29 heavy (non-hydrogen) atoms. The van der Waals surface area contributed by atoms with Crippen LogP contribution in [0.1, 0.15) is 41.0 Å². The van der Waals surface area contributed by atoms with Crippen molar-refractivity contribution in [2.75, 3.05) is 0 Å². The molecule has 0 spiro atoms. The van der Waals surface area contributed by atoms with Gasteiger partial charge in [0.2, 0.25) is 5.60 Å². The summed E-state index contributed by atoms with van der Waals surface area (Å²) in [4.78, 5) is 49.8. The van der Waals surface area contributed by atoms with Crippen molar-refractivity contribution in [1.29, 1.82) is 0 Å². The van der Waals surface area contributed by atoms with E-state index in [1.807, 2.05) is 0 Å². The molecule has 0 radical (unpaired) electrons. The SMILES string of the molecule is C=C1CC(OC(C)=O)C2C(OC(=O)C2(C)OC(=O)/C(C)=C/C)C2C(C)=CC(=O)C12. The molecule has 3 aliphatic rings. The van der Waals surface area contributed by atoms with Crippen molar-refractivity contribution in [3.63, 3.8) is 0 Å². The van der Waals surface area contributed by atoms with Crippen molar-refractivity contribution in [2.24, 2.45) is 17.8 Å². The lowest BCUT2D eigenvalue weighted by Gasteiger charge is -2.34. The Balaban J connectivity index is 2.10. The van der Waals surface area contributed by atoms with Crippen LogP contribution in [-0.4, -0.2) is 41.5 Å². The number of ketones is 1. The van der Waals surface area contributed by atoms with Crippen LogP contribution in [0.15, 0.2) is 35.5 Å². The maximum absolute atomic E-state index is 12.9. The highest BCUT2D eigenvalue weighted by atomic mass is 16.6. The largest absolute Gasteiger partial charge is 0.462 e. The quantitative estimate of drug-likeness (QED) is 0.310. The molecule has 0 N–H and O–H groups in total. The third-order valence-corrected chi connectivity index (χ3v) is 6.23. The minimum absolute atomic E-state index is 0.105. The van der Waals surface area contributed by atoms with E-state index in [0.717, 1.165) is 5.57 Å². The monoisotopic (exact) mass is 402 g/mol. The van der Waals surface area contributed by atoms with Gasteiger partial charge in [-0.3, -0.25) is 9.59 Å². The van der Waals surface area contributed by atoms with E-state index in [1.54, 1.807) is 32.9 Å². The molecule has 156 valence electrons. The van der Waals surface area contributed by atoms with Gasteiger partial charge < -0.3 is 14.2 Å². The summed E-state index contributed by atoms with van der Waals surface area (Å²) < 4.78 is 16.9. The van der Waals surface area contributed by atoms with Gasteiger partial charge in [-0.15, -0.1) is 0 Å². The maximum atomic E-state index is 12.9.